The molecule has 4 nitrogen and oxygen atoms in total. The van der Waals surface area contributed by atoms with E-state index in [4.69, 9.17) is 0 Å². The minimum atomic E-state index is -0.0426. The third kappa shape index (κ3) is 2.32. The van der Waals surface area contributed by atoms with Crippen molar-refractivity contribution < 1.29 is 0 Å². The van der Waals surface area contributed by atoms with Crippen LogP contribution in [-0.4, -0.2) is 20.6 Å². The van der Waals surface area contributed by atoms with Crippen LogP contribution < -0.4 is 0 Å². The second kappa shape index (κ2) is 4.56. The number of H-pyrrole nitrogens is 1. The van der Waals surface area contributed by atoms with E-state index < -0.39 is 0 Å². The molecule has 0 saturated carbocycles. The van der Waals surface area contributed by atoms with Gasteiger partial charge in [0.25, 0.3) is 0 Å². The molecule has 4 heteroatoms. The van der Waals surface area contributed by atoms with Gasteiger partial charge in [-0.2, -0.15) is 5.21 Å². The second-order valence-corrected chi connectivity index (χ2v) is 3.26. The monoisotopic (exact) mass is 200 g/mol. The Bertz CT molecular complexity index is 431. The highest BCUT2D eigenvalue weighted by molar-refractivity contribution is 5.31. The first-order chi connectivity index (χ1) is 7.40. The van der Waals surface area contributed by atoms with E-state index in [0.29, 0.717) is 5.82 Å². The third-order valence-corrected chi connectivity index (χ3v) is 2.27. The molecule has 0 radical (unpaired) electrons. The maximum absolute atomic E-state index is 3.94. The third-order valence-electron chi connectivity index (χ3n) is 2.27. The van der Waals surface area contributed by atoms with Crippen LogP contribution in [0, 0.1) is 11.8 Å². The molecular weight excluding hydrogens is 188 g/mol. The Labute approximate surface area is 88.5 Å². The molecule has 0 saturated heterocycles. The standard InChI is InChI=1S/C11H12N4/c1-2-9-5-3-4-6-10(8-7-9)11-12-14-15-13-11/h5,7-8,10H,2-3H2,1H3,(H,12,13,14,15)/b8-7-,9-5-. The van der Waals surface area contributed by atoms with Crippen molar-refractivity contribution in [2.75, 3.05) is 0 Å². The van der Waals surface area contributed by atoms with Gasteiger partial charge in [0, 0.05) is 6.42 Å². The summed E-state index contributed by atoms with van der Waals surface area (Å²) in [4.78, 5) is 0. The van der Waals surface area contributed by atoms with Crippen molar-refractivity contribution in [3.05, 3.63) is 29.6 Å². The van der Waals surface area contributed by atoms with Crippen molar-refractivity contribution in [3.8, 4) is 11.8 Å². The van der Waals surface area contributed by atoms with Crippen LogP contribution in [0.5, 0.6) is 0 Å². The summed E-state index contributed by atoms with van der Waals surface area (Å²) in [6.45, 7) is 2.13. The predicted molar refractivity (Wildman–Crippen MR) is 56.8 cm³/mol. The molecule has 0 bridgehead atoms. The van der Waals surface area contributed by atoms with E-state index in [1.54, 1.807) is 0 Å². The molecule has 1 heterocycles. The quantitative estimate of drug-likeness (QED) is 0.737. The Morgan fingerprint density at radius 2 is 2.53 bits per heavy atom. The average molecular weight is 200 g/mol. The van der Waals surface area contributed by atoms with Gasteiger partial charge in [-0.3, -0.25) is 0 Å². The van der Waals surface area contributed by atoms with Gasteiger partial charge in [-0.25, -0.2) is 0 Å². The molecule has 1 aliphatic carbocycles. The van der Waals surface area contributed by atoms with Crippen LogP contribution in [0.4, 0.5) is 0 Å². The van der Waals surface area contributed by atoms with E-state index in [0.717, 1.165) is 12.8 Å². The summed E-state index contributed by atoms with van der Waals surface area (Å²) in [5.41, 5.74) is 1.30. The molecule has 0 fully saturated rings. The normalized spacial score (nSPS) is 25.4. The number of aromatic nitrogens is 4. The van der Waals surface area contributed by atoms with Gasteiger partial charge in [0.1, 0.15) is 5.92 Å². The minimum Gasteiger partial charge on any atom is -0.177 e. The van der Waals surface area contributed by atoms with Gasteiger partial charge >= 0.3 is 0 Å². The first kappa shape index (κ1) is 9.66. The number of allylic oxidation sites excluding steroid dienone is 4. The lowest BCUT2D eigenvalue weighted by Crippen LogP contribution is -1.96. The highest BCUT2D eigenvalue weighted by atomic mass is 15.5. The number of aromatic amines is 1. The molecule has 1 aromatic rings. The second-order valence-electron chi connectivity index (χ2n) is 3.26. The minimum absolute atomic E-state index is 0.0426. The van der Waals surface area contributed by atoms with Crippen molar-refractivity contribution >= 4 is 0 Å². The van der Waals surface area contributed by atoms with E-state index in [9.17, 15) is 0 Å². The van der Waals surface area contributed by atoms with Crippen LogP contribution in [0.3, 0.4) is 0 Å². The van der Waals surface area contributed by atoms with E-state index in [-0.39, 0.29) is 5.92 Å². The number of tetrazole rings is 1. The van der Waals surface area contributed by atoms with Crippen LogP contribution in [0.25, 0.3) is 0 Å². The lowest BCUT2D eigenvalue weighted by Gasteiger charge is -2.02. The van der Waals surface area contributed by atoms with E-state index >= 15 is 0 Å². The molecule has 1 aromatic heterocycles. The molecule has 15 heavy (non-hydrogen) atoms. The highest BCUT2D eigenvalue weighted by Gasteiger charge is 2.10. The molecule has 2 rings (SSSR count). The smallest absolute Gasteiger partial charge is 0.177 e. The Morgan fingerprint density at radius 1 is 1.60 bits per heavy atom. The van der Waals surface area contributed by atoms with Crippen LogP contribution in [0.1, 0.15) is 31.5 Å². The average Bonchev–Trinajstić information content (AvgIpc) is 2.71. The van der Waals surface area contributed by atoms with Gasteiger partial charge in [0.05, 0.1) is 0 Å². The molecule has 0 amide bonds. The van der Waals surface area contributed by atoms with E-state index in [2.05, 4.69) is 51.5 Å². The number of nitrogens with one attached hydrogen (secondary N) is 1. The largest absolute Gasteiger partial charge is 0.193 e. The molecule has 1 unspecified atom stereocenters. The van der Waals surface area contributed by atoms with Crippen LogP contribution in [-0.2, 0) is 0 Å². The van der Waals surface area contributed by atoms with Crippen LogP contribution >= 0.6 is 0 Å². The van der Waals surface area contributed by atoms with Crippen molar-refractivity contribution in [2.45, 2.75) is 25.7 Å². The summed E-state index contributed by atoms with van der Waals surface area (Å²) in [5, 5.41) is 13.9. The summed E-state index contributed by atoms with van der Waals surface area (Å²) in [7, 11) is 0. The fourth-order valence-corrected chi connectivity index (χ4v) is 1.40. The topological polar surface area (TPSA) is 54.5 Å². The molecule has 0 aromatic carbocycles. The SMILES string of the molecule is CCC1=C/CC#CC(c2nn[nH]n2)/C=C\1. The Balaban J connectivity index is 2.24. The molecule has 1 atom stereocenters. The van der Waals surface area contributed by atoms with Crippen molar-refractivity contribution in [2.24, 2.45) is 0 Å². The van der Waals surface area contributed by atoms with Crippen LogP contribution in [0.15, 0.2) is 23.8 Å². The Kier molecular flexibility index (Phi) is 2.93. The predicted octanol–water partition coefficient (Wildman–Crippen LogP) is 1.58. The van der Waals surface area contributed by atoms with Gasteiger partial charge in [0.2, 0.25) is 0 Å². The maximum Gasteiger partial charge on any atom is 0.193 e. The Morgan fingerprint density at radius 3 is 3.27 bits per heavy atom. The zero-order valence-corrected chi connectivity index (χ0v) is 8.57. The number of hydrogen-bond acceptors (Lipinski definition) is 3. The summed E-state index contributed by atoms with van der Waals surface area (Å²) < 4.78 is 0. The maximum atomic E-state index is 3.94. The first-order valence-electron chi connectivity index (χ1n) is 4.99. The summed E-state index contributed by atoms with van der Waals surface area (Å²) >= 11 is 0. The zero-order chi connectivity index (χ0) is 10.5. The fourth-order valence-electron chi connectivity index (χ4n) is 1.40. The number of rotatable bonds is 2. The highest BCUT2D eigenvalue weighted by Crippen LogP contribution is 2.15. The fraction of sp³-hybridized carbons (Fsp3) is 0.364. The van der Waals surface area contributed by atoms with Crippen molar-refractivity contribution in [1.82, 2.24) is 20.6 Å². The lowest BCUT2D eigenvalue weighted by atomic mass is 10.0. The van der Waals surface area contributed by atoms with Gasteiger partial charge in [-0.05, 0) is 6.42 Å². The number of nitrogens with zero attached hydrogens (tertiary/aromatic N) is 3. The molecule has 0 aliphatic heterocycles. The lowest BCUT2D eigenvalue weighted by molar-refractivity contribution is 0.881. The summed E-state index contributed by atoms with van der Waals surface area (Å²) in [6.07, 6.45) is 8.08. The van der Waals surface area contributed by atoms with Crippen molar-refractivity contribution in [1.29, 1.82) is 0 Å². The molecular formula is C11H12N4. The van der Waals surface area contributed by atoms with Gasteiger partial charge in [-0.1, -0.05) is 47.8 Å². The van der Waals surface area contributed by atoms with Gasteiger partial charge < -0.3 is 0 Å². The number of hydrogen-bond donors (Lipinski definition) is 1. The molecule has 0 spiro atoms. The van der Waals surface area contributed by atoms with Crippen molar-refractivity contribution in [3.63, 3.8) is 0 Å². The molecule has 1 N–H and O–H groups in total. The van der Waals surface area contributed by atoms with E-state index in [1.165, 1.54) is 5.57 Å². The summed E-state index contributed by atoms with van der Waals surface area (Å²) in [5.74, 6) is 6.79. The molecule has 1 aliphatic rings. The van der Waals surface area contributed by atoms with Crippen LogP contribution in [0.2, 0.25) is 0 Å². The zero-order valence-electron chi connectivity index (χ0n) is 8.57. The summed E-state index contributed by atoms with van der Waals surface area (Å²) in [6, 6.07) is 0. The van der Waals surface area contributed by atoms with Gasteiger partial charge in [-0.15, -0.1) is 10.2 Å². The first-order valence-corrected chi connectivity index (χ1v) is 4.99. The molecule has 76 valence electrons. The van der Waals surface area contributed by atoms with Gasteiger partial charge in [0.15, 0.2) is 5.82 Å². The van der Waals surface area contributed by atoms with E-state index in [1.807, 2.05) is 6.08 Å². The Hall–Kier alpha value is -1.89.